The Hall–Kier alpha value is -1.93. The van der Waals surface area contributed by atoms with Gasteiger partial charge in [0.1, 0.15) is 0 Å². The zero-order chi connectivity index (χ0) is 13.5. The number of nitrogens with one attached hydrogen (secondary N) is 2. The molecule has 0 spiro atoms. The zero-order valence-corrected chi connectivity index (χ0v) is 11.5. The molecule has 0 saturated heterocycles. The van der Waals surface area contributed by atoms with Gasteiger partial charge in [0.05, 0.1) is 0 Å². The second-order valence-corrected chi connectivity index (χ2v) is 4.86. The van der Waals surface area contributed by atoms with E-state index in [1.807, 2.05) is 30.3 Å². The number of hydrazone groups is 1. The van der Waals surface area contributed by atoms with E-state index in [1.54, 1.807) is 6.21 Å². The molecular weight excluding hydrogens is 280 g/mol. The van der Waals surface area contributed by atoms with Gasteiger partial charge in [0.25, 0.3) is 0 Å². The molecule has 0 atom stereocenters. The molecule has 0 aliphatic heterocycles. The van der Waals surface area contributed by atoms with E-state index < -0.39 is 0 Å². The van der Waals surface area contributed by atoms with Gasteiger partial charge in [-0.2, -0.15) is 5.10 Å². The standard InChI is InChI=1S/C11H12N6S2/c12-10(18)16-13-6-7-19-11-14-9(15-17-11)8-4-2-1-3-5-8/h1-6H,7H2,(H3,12,16,18)(H,14,15,17). The van der Waals surface area contributed by atoms with E-state index in [1.165, 1.54) is 11.8 Å². The number of hydrogen-bond acceptors (Lipinski definition) is 5. The van der Waals surface area contributed by atoms with Crippen LogP contribution < -0.4 is 11.2 Å². The number of aromatic amines is 1. The van der Waals surface area contributed by atoms with Crippen LogP contribution in [-0.4, -0.2) is 32.3 Å². The van der Waals surface area contributed by atoms with Crippen LogP contribution in [-0.2, 0) is 0 Å². The summed E-state index contributed by atoms with van der Waals surface area (Å²) in [5, 5.41) is 11.7. The minimum absolute atomic E-state index is 0.144. The number of H-pyrrole nitrogens is 1. The minimum atomic E-state index is 0.144. The van der Waals surface area contributed by atoms with Crippen LogP contribution in [0.2, 0.25) is 0 Å². The maximum atomic E-state index is 5.22. The second-order valence-electron chi connectivity index (χ2n) is 3.43. The summed E-state index contributed by atoms with van der Waals surface area (Å²) >= 11 is 6.07. The third-order valence-electron chi connectivity index (χ3n) is 2.07. The molecule has 19 heavy (non-hydrogen) atoms. The fourth-order valence-electron chi connectivity index (χ4n) is 1.29. The van der Waals surface area contributed by atoms with Crippen molar-refractivity contribution in [3.8, 4) is 11.4 Å². The van der Waals surface area contributed by atoms with Gasteiger partial charge in [0.2, 0.25) is 5.16 Å². The summed E-state index contributed by atoms with van der Waals surface area (Å²) in [6, 6.07) is 9.82. The van der Waals surface area contributed by atoms with Gasteiger partial charge < -0.3 is 5.73 Å². The Morgan fingerprint density at radius 2 is 2.26 bits per heavy atom. The topological polar surface area (TPSA) is 92.0 Å². The zero-order valence-electron chi connectivity index (χ0n) is 9.91. The molecule has 0 aliphatic carbocycles. The molecule has 0 unspecified atom stereocenters. The Morgan fingerprint density at radius 1 is 1.47 bits per heavy atom. The van der Waals surface area contributed by atoms with Crippen molar-refractivity contribution in [3.05, 3.63) is 30.3 Å². The van der Waals surface area contributed by atoms with Gasteiger partial charge >= 0.3 is 0 Å². The first kappa shape index (κ1) is 13.5. The average Bonchev–Trinajstić information content (AvgIpc) is 2.88. The third-order valence-corrected chi connectivity index (χ3v) is 2.91. The van der Waals surface area contributed by atoms with E-state index in [0.29, 0.717) is 10.9 Å². The second kappa shape index (κ2) is 6.86. The molecule has 0 saturated carbocycles. The lowest BCUT2D eigenvalue weighted by molar-refractivity contribution is 0.975. The summed E-state index contributed by atoms with van der Waals surface area (Å²) in [5.74, 6) is 1.38. The number of nitrogens with zero attached hydrogens (tertiary/aromatic N) is 3. The Labute approximate surface area is 119 Å². The van der Waals surface area contributed by atoms with Gasteiger partial charge in [-0.3, -0.25) is 10.5 Å². The van der Waals surface area contributed by atoms with Gasteiger partial charge in [-0.25, -0.2) is 4.98 Å². The predicted molar refractivity (Wildman–Crippen MR) is 81.0 cm³/mol. The van der Waals surface area contributed by atoms with Crippen LogP contribution in [0, 0.1) is 0 Å². The van der Waals surface area contributed by atoms with Crippen molar-refractivity contribution in [1.82, 2.24) is 20.6 Å². The lowest BCUT2D eigenvalue weighted by atomic mass is 10.2. The van der Waals surface area contributed by atoms with E-state index in [4.69, 9.17) is 5.73 Å². The molecular formula is C11H12N6S2. The molecule has 8 heteroatoms. The van der Waals surface area contributed by atoms with Crippen molar-refractivity contribution in [1.29, 1.82) is 0 Å². The van der Waals surface area contributed by atoms with E-state index >= 15 is 0 Å². The smallest absolute Gasteiger partial charge is 0.209 e. The van der Waals surface area contributed by atoms with Crippen LogP contribution >= 0.6 is 24.0 Å². The highest BCUT2D eigenvalue weighted by Gasteiger charge is 2.04. The van der Waals surface area contributed by atoms with E-state index in [2.05, 4.69) is 37.9 Å². The highest BCUT2D eigenvalue weighted by atomic mass is 32.2. The highest BCUT2D eigenvalue weighted by molar-refractivity contribution is 7.99. The Balaban J connectivity index is 1.88. The molecule has 0 fully saturated rings. The van der Waals surface area contributed by atoms with Crippen molar-refractivity contribution in [3.63, 3.8) is 0 Å². The summed E-state index contributed by atoms with van der Waals surface area (Å²) in [5.41, 5.74) is 8.71. The number of nitrogens with two attached hydrogens (primary N) is 1. The van der Waals surface area contributed by atoms with E-state index in [0.717, 1.165) is 11.4 Å². The summed E-state index contributed by atoms with van der Waals surface area (Å²) < 4.78 is 0. The van der Waals surface area contributed by atoms with E-state index in [9.17, 15) is 0 Å². The third kappa shape index (κ3) is 4.34. The molecule has 6 nitrogen and oxygen atoms in total. The molecule has 2 rings (SSSR count). The summed E-state index contributed by atoms with van der Waals surface area (Å²) in [6.45, 7) is 0. The summed E-state index contributed by atoms with van der Waals surface area (Å²) in [7, 11) is 0. The normalized spacial score (nSPS) is 10.7. The molecule has 1 aromatic heterocycles. The molecule has 0 radical (unpaired) electrons. The van der Waals surface area contributed by atoms with Crippen LogP contribution in [0.5, 0.6) is 0 Å². The fourth-order valence-corrected chi connectivity index (χ4v) is 1.91. The van der Waals surface area contributed by atoms with Gasteiger partial charge in [-0.15, -0.1) is 5.10 Å². The van der Waals surface area contributed by atoms with Crippen LogP contribution in [0.3, 0.4) is 0 Å². The number of thioether (sulfide) groups is 1. The quantitative estimate of drug-likeness (QED) is 0.334. The van der Waals surface area contributed by atoms with E-state index in [-0.39, 0.29) is 5.11 Å². The van der Waals surface area contributed by atoms with Crippen molar-refractivity contribution in [2.75, 3.05) is 5.75 Å². The fraction of sp³-hybridized carbons (Fsp3) is 0.0909. The molecule has 1 aromatic carbocycles. The summed E-state index contributed by atoms with van der Waals surface area (Å²) in [6.07, 6.45) is 1.66. The number of hydrogen-bond donors (Lipinski definition) is 3. The van der Waals surface area contributed by atoms with Gasteiger partial charge in [-0.05, 0) is 12.2 Å². The number of thiocarbonyl (C=S) groups is 1. The van der Waals surface area contributed by atoms with Crippen molar-refractivity contribution >= 4 is 35.3 Å². The van der Waals surface area contributed by atoms with Crippen molar-refractivity contribution in [2.24, 2.45) is 10.8 Å². The molecule has 98 valence electrons. The number of aromatic nitrogens is 3. The Kier molecular flexibility index (Phi) is 4.87. The van der Waals surface area contributed by atoms with Gasteiger partial charge in [0.15, 0.2) is 10.9 Å². The number of benzene rings is 1. The Morgan fingerprint density at radius 3 is 3.00 bits per heavy atom. The molecule has 4 N–H and O–H groups in total. The average molecular weight is 292 g/mol. The lowest BCUT2D eigenvalue weighted by Gasteiger charge is -1.93. The maximum absolute atomic E-state index is 5.22. The minimum Gasteiger partial charge on any atom is -0.375 e. The Bertz CT molecular complexity index is 566. The first-order chi connectivity index (χ1) is 9.25. The predicted octanol–water partition coefficient (Wildman–Crippen LogP) is 1.38. The lowest BCUT2D eigenvalue weighted by Crippen LogP contribution is -2.24. The first-order valence-electron chi connectivity index (χ1n) is 5.43. The molecule has 0 bridgehead atoms. The van der Waals surface area contributed by atoms with Crippen LogP contribution in [0.25, 0.3) is 11.4 Å². The van der Waals surface area contributed by atoms with Crippen molar-refractivity contribution in [2.45, 2.75) is 5.16 Å². The van der Waals surface area contributed by atoms with Gasteiger partial charge in [-0.1, -0.05) is 42.1 Å². The molecule has 1 heterocycles. The van der Waals surface area contributed by atoms with Gasteiger partial charge in [0, 0.05) is 17.5 Å². The SMILES string of the molecule is NC(=S)NN=CCSc1n[nH]c(-c2ccccc2)n1. The van der Waals surface area contributed by atoms with Crippen molar-refractivity contribution < 1.29 is 0 Å². The van der Waals surface area contributed by atoms with Crippen LogP contribution in [0.4, 0.5) is 0 Å². The molecule has 0 amide bonds. The maximum Gasteiger partial charge on any atom is 0.209 e. The van der Waals surface area contributed by atoms with Crippen LogP contribution in [0.1, 0.15) is 0 Å². The molecule has 0 aliphatic rings. The van der Waals surface area contributed by atoms with Crippen LogP contribution in [0.15, 0.2) is 40.6 Å². The highest BCUT2D eigenvalue weighted by Crippen LogP contribution is 2.17. The first-order valence-corrected chi connectivity index (χ1v) is 6.82. The monoisotopic (exact) mass is 292 g/mol. The molecule has 2 aromatic rings. The largest absolute Gasteiger partial charge is 0.375 e. The summed E-state index contributed by atoms with van der Waals surface area (Å²) in [4.78, 5) is 4.38. The number of rotatable bonds is 5.